The average molecular weight is 507 g/mol. The van der Waals surface area contributed by atoms with E-state index in [4.69, 9.17) is 5.11 Å². The number of nitrogens with zero attached hydrogens (tertiary/aromatic N) is 2. The van der Waals surface area contributed by atoms with Crippen LogP contribution in [0, 0.1) is 0 Å². The van der Waals surface area contributed by atoms with Crippen LogP contribution in [0.1, 0.15) is 5.56 Å². The van der Waals surface area contributed by atoms with Gasteiger partial charge in [0.25, 0.3) is 0 Å². The number of hydrogen-bond acceptors (Lipinski definition) is 5. The number of anilines is 1. The van der Waals surface area contributed by atoms with E-state index in [1.54, 1.807) is 47.2 Å². The third-order valence-electron chi connectivity index (χ3n) is 4.27. The van der Waals surface area contributed by atoms with E-state index in [0.29, 0.717) is 11.3 Å². The molecule has 0 saturated carbocycles. The van der Waals surface area contributed by atoms with Crippen molar-refractivity contribution in [2.24, 2.45) is 0 Å². The molecule has 9 nitrogen and oxygen atoms in total. The standard InChI is InChI=1S/C20H19BrN4O5S/c21-15-3-7-17(8-4-15)31(29,30)24-18(12-25-10-9-22-13-25)20(28)23-16-5-1-14(2-6-16)11-19(26)27/h1-10,13,18,24H,11-12H2,(H,23,28)(H,26,27)/t18-/m0/s1. The zero-order valence-corrected chi connectivity index (χ0v) is 18.5. The molecule has 1 atom stereocenters. The molecule has 0 saturated heterocycles. The number of imidazole rings is 1. The molecule has 0 aliphatic carbocycles. The lowest BCUT2D eigenvalue weighted by Crippen LogP contribution is -2.46. The van der Waals surface area contributed by atoms with E-state index < -0.39 is 27.9 Å². The van der Waals surface area contributed by atoms with Crippen molar-refractivity contribution in [2.45, 2.75) is 23.9 Å². The lowest BCUT2D eigenvalue weighted by molar-refractivity contribution is -0.136. The number of halogens is 1. The Morgan fingerprint density at radius 3 is 2.35 bits per heavy atom. The summed E-state index contributed by atoms with van der Waals surface area (Å²) in [5, 5.41) is 11.5. The number of carbonyl (C=O) groups excluding carboxylic acids is 1. The number of nitrogens with one attached hydrogen (secondary N) is 2. The summed E-state index contributed by atoms with van der Waals surface area (Å²) in [7, 11) is -3.97. The number of benzene rings is 2. The van der Waals surface area contributed by atoms with Crippen LogP contribution in [-0.2, 0) is 32.6 Å². The first-order valence-corrected chi connectivity index (χ1v) is 11.4. The first-order chi connectivity index (χ1) is 14.7. The fourth-order valence-electron chi connectivity index (χ4n) is 2.76. The summed E-state index contributed by atoms with van der Waals surface area (Å²) in [4.78, 5) is 27.6. The van der Waals surface area contributed by atoms with Crippen LogP contribution in [0.25, 0.3) is 0 Å². The van der Waals surface area contributed by atoms with Gasteiger partial charge in [-0.05, 0) is 42.0 Å². The highest BCUT2D eigenvalue weighted by atomic mass is 79.9. The number of sulfonamides is 1. The smallest absolute Gasteiger partial charge is 0.307 e. The van der Waals surface area contributed by atoms with Crippen molar-refractivity contribution in [2.75, 3.05) is 5.32 Å². The Morgan fingerprint density at radius 2 is 1.77 bits per heavy atom. The van der Waals surface area contributed by atoms with E-state index in [2.05, 4.69) is 31.0 Å². The van der Waals surface area contributed by atoms with Crippen LogP contribution < -0.4 is 10.0 Å². The third kappa shape index (κ3) is 6.48. The maximum Gasteiger partial charge on any atom is 0.307 e. The highest BCUT2D eigenvalue weighted by Gasteiger charge is 2.26. The van der Waals surface area contributed by atoms with Gasteiger partial charge < -0.3 is 15.0 Å². The van der Waals surface area contributed by atoms with Crippen LogP contribution in [-0.4, -0.2) is 41.0 Å². The predicted molar refractivity (Wildman–Crippen MR) is 117 cm³/mol. The van der Waals surface area contributed by atoms with Crippen molar-refractivity contribution < 1.29 is 23.1 Å². The molecule has 0 aliphatic rings. The van der Waals surface area contributed by atoms with Crippen LogP contribution >= 0.6 is 15.9 Å². The van der Waals surface area contributed by atoms with Gasteiger partial charge in [-0.3, -0.25) is 9.59 Å². The number of carboxylic acid groups (broad SMARTS) is 1. The highest BCUT2D eigenvalue weighted by molar-refractivity contribution is 9.10. The van der Waals surface area contributed by atoms with Crippen molar-refractivity contribution in [3.8, 4) is 0 Å². The SMILES string of the molecule is O=C(O)Cc1ccc(NC(=O)[C@H](Cn2ccnc2)NS(=O)(=O)c2ccc(Br)cc2)cc1. The number of rotatable bonds is 9. The largest absolute Gasteiger partial charge is 0.481 e. The number of aromatic nitrogens is 2. The summed E-state index contributed by atoms with van der Waals surface area (Å²) in [5.41, 5.74) is 0.994. The van der Waals surface area contributed by atoms with Crippen molar-refractivity contribution in [1.82, 2.24) is 14.3 Å². The van der Waals surface area contributed by atoms with E-state index in [9.17, 15) is 18.0 Å². The van der Waals surface area contributed by atoms with Crippen molar-refractivity contribution in [1.29, 1.82) is 0 Å². The molecule has 2 aromatic carbocycles. The Morgan fingerprint density at radius 1 is 1.10 bits per heavy atom. The molecule has 0 spiro atoms. The van der Waals surface area contributed by atoms with E-state index in [0.717, 1.165) is 4.47 Å². The number of hydrogen-bond donors (Lipinski definition) is 3. The van der Waals surface area contributed by atoms with Crippen molar-refractivity contribution >= 4 is 43.5 Å². The molecular formula is C20H19BrN4O5S. The maximum absolute atomic E-state index is 12.9. The molecule has 0 radical (unpaired) electrons. The predicted octanol–water partition coefficient (Wildman–Crippen LogP) is 2.26. The first kappa shape index (κ1) is 22.7. The molecule has 0 aliphatic heterocycles. The number of carbonyl (C=O) groups is 2. The summed E-state index contributed by atoms with van der Waals surface area (Å²) < 4.78 is 30.4. The van der Waals surface area contributed by atoms with Gasteiger partial charge in [0, 0.05) is 29.1 Å². The molecule has 3 rings (SSSR count). The lowest BCUT2D eigenvalue weighted by atomic mass is 10.1. The van der Waals surface area contributed by atoms with Gasteiger partial charge in [-0.2, -0.15) is 4.72 Å². The molecule has 3 aromatic rings. The molecule has 0 bridgehead atoms. The second kappa shape index (κ2) is 9.86. The van der Waals surface area contributed by atoms with E-state index >= 15 is 0 Å². The van der Waals surface area contributed by atoms with Gasteiger partial charge in [0.05, 0.1) is 17.6 Å². The summed E-state index contributed by atoms with van der Waals surface area (Å²) in [6.07, 6.45) is 4.49. The van der Waals surface area contributed by atoms with Crippen LogP contribution in [0.4, 0.5) is 5.69 Å². The normalized spacial score (nSPS) is 12.3. The van der Waals surface area contributed by atoms with Crippen LogP contribution in [0.2, 0.25) is 0 Å². The van der Waals surface area contributed by atoms with E-state index in [1.165, 1.54) is 24.7 Å². The van der Waals surface area contributed by atoms with Crippen molar-refractivity contribution in [3.05, 3.63) is 77.3 Å². The minimum atomic E-state index is -3.97. The van der Waals surface area contributed by atoms with Gasteiger partial charge in [-0.1, -0.05) is 28.1 Å². The lowest BCUT2D eigenvalue weighted by Gasteiger charge is -2.19. The minimum absolute atomic E-state index is 0.0251. The van der Waals surface area contributed by atoms with Gasteiger partial charge in [0.2, 0.25) is 15.9 Å². The summed E-state index contributed by atoms with van der Waals surface area (Å²) in [5.74, 6) is -1.53. The Bertz CT molecular complexity index is 1150. The quantitative estimate of drug-likeness (QED) is 0.408. The van der Waals surface area contributed by atoms with Gasteiger partial charge in [-0.25, -0.2) is 13.4 Å². The molecule has 1 heterocycles. The zero-order chi connectivity index (χ0) is 22.4. The molecule has 162 valence electrons. The number of amides is 1. The molecule has 11 heteroatoms. The highest BCUT2D eigenvalue weighted by Crippen LogP contribution is 2.16. The van der Waals surface area contributed by atoms with Gasteiger partial charge in [-0.15, -0.1) is 0 Å². The van der Waals surface area contributed by atoms with Gasteiger partial charge in [0.15, 0.2) is 0 Å². The fraction of sp³-hybridized carbons (Fsp3) is 0.150. The van der Waals surface area contributed by atoms with Gasteiger partial charge >= 0.3 is 5.97 Å². The van der Waals surface area contributed by atoms with Crippen LogP contribution in [0.15, 0.2) is 76.6 Å². The Kier molecular flexibility index (Phi) is 7.21. The van der Waals surface area contributed by atoms with E-state index in [1.807, 2.05) is 0 Å². The average Bonchev–Trinajstić information content (AvgIpc) is 3.22. The first-order valence-electron chi connectivity index (χ1n) is 9.08. The molecule has 0 unspecified atom stereocenters. The van der Waals surface area contributed by atoms with Crippen LogP contribution in [0.5, 0.6) is 0 Å². The molecule has 1 aromatic heterocycles. The Labute approximate surface area is 187 Å². The van der Waals surface area contributed by atoms with Crippen LogP contribution in [0.3, 0.4) is 0 Å². The van der Waals surface area contributed by atoms with Gasteiger partial charge in [0.1, 0.15) is 6.04 Å². The topological polar surface area (TPSA) is 130 Å². The third-order valence-corrected chi connectivity index (χ3v) is 6.28. The van der Waals surface area contributed by atoms with Crippen molar-refractivity contribution in [3.63, 3.8) is 0 Å². The summed E-state index contributed by atoms with van der Waals surface area (Å²) >= 11 is 3.26. The molecule has 1 amide bonds. The Hall–Kier alpha value is -3.02. The molecular weight excluding hydrogens is 488 g/mol. The minimum Gasteiger partial charge on any atom is -0.481 e. The number of carboxylic acids is 1. The molecule has 3 N–H and O–H groups in total. The summed E-state index contributed by atoms with van der Waals surface area (Å²) in [6, 6.07) is 11.2. The molecule has 31 heavy (non-hydrogen) atoms. The summed E-state index contributed by atoms with van der Waals surface area (Å²) in [6.45, 7) is 0.0265. The number of aliphatic carboxylic acids is 1. The fourth-order valence-corrected chi connectivity index (χ4v) is 4.21. The zero-order valence-electron chi connectivity index (χ0n) is 16.1. The second-order valence-corrected chi connectivity index (χ2v) is 9.27. The maximum atomic E-state index is 12.9. The monoisotopic (exact) mass is 506 g/mol. The van der Waals surface area contributed by atoms with E-state index in [-0.39, 0.29) is 17.9 Å². The Balaban J connectivity index is 1.78. The second-order valence-electron chi connectivity index (χ2n) is 6.64. The molecule has 0 fully saturated rings.